The van der Waals surface area contributed by atoms with Gasteiger partial charge in [-0.25, -0.2) is 13.1 Å². The van der Waals surface area contributed by atoms with Crippen molar-refractivity contribution < 1.29 is 22.4 Å². The highest BCUT2D eigenvalue weighted by Gasteiger charge is 2.19. The predicted molar refractivity (Wildman–Crippen MR) is 90.2 cm³/mol. The van der Waals surface area contributed by atoms with Gasteiger partial charge < -0.3 is 14.0 Å². The molecule has 2 aromatic heterocycles. The third-order valence-electron chi connectivity index (χ3n) is 3.23. The number of aromatic nitrogens is 1. The van der Waals surface area contributed by atoms with E-state index < -0.39 is 10.0 Å². The summed E-state index contributed by atoms with van der Waals surface area (Å²) in [5.74, 6) is 0.791. The number of benzene rings is 1. The summed E-state index contributed by atoms with van der Waals surface area (Å²) in [6.45, 7) is 0. The summed E-state index contributed by atoms with van der Waals surface area (Å²) in [7, 11) is -0.930. The van der Waals surface area contributed by atoms with Gasteiger partial charge in [0.05, 0.1) is 19.1 Å². The molecule has 0 fully saturated rings. The van der Waals surface area contributed by atoms with E-state index in [0.717, 1.165) is 5.56 Å². The Morgan fingerprint density at radius 1 is 1.12 bits per heavy atom. The van der Waals surface area contributed by atoms with Gasteiger partial charge in [-0.15, -0.1) is 0 Å². The van der Waals surface area contributed by atoms with Gasteiger partial charge in [0.15, 0.2) is 11.5 Å². The Hall–Kier alpha value is -2.52. The summed E-state index contributed by atoms with van der Waals surface area (Å²) in [5, 5.41) is 7.65. The first-order chi connectivity index (χ1) is 11.5. The first kappa shape index (κ1) is 16.3. The molecule has 1 N–H and O–H groups in total. The number of sulfonamides is 1. The Labute approximate surface area is 142 Å². The van der Waals surface area contributed by atoms with Crippen molar-refractivity contribution in [3.05, 3.63) is 41.1 Å². The number of hydrogen-bond donors (Lipinski definition) is 1. The molecule has 0 aliphatic heterocycles. The standard InChI is InChI=1S/C15H14N2O5S2/c1-20-13-4-3-11(7-14(13)21-2)24(18,19)17-15-8-12(16-22-15)10-5-6-23-9-10/h3-9,17H,1-2H3. The predicted octanol–water partition coefficient (Wildman–Crippen LogP) is 3.22. The summed E-state index contributed by atoms with van der Waals surface area (Å²) < 4.78 is 42.6. The molecule has 3 aromatic rings. The van der Waals surface area contributed by atoms with E-state index in [4.69, 9.17) is 14.0 Å². The van der Waals surface area contributed by atoms with Crippen LogP contribution in [0.1, 0.15) is 0 Å². The number of rotatable bonds is 6. The van der Waals surface area contributed by atoms with E-state index in [0.29, 0.717) is 17.2 Å². The maximum absolute atomic E-state index is 12.5. The fourth-order valence-corrected chi connectivity index (χ4v) is 3.68. The summed E-state index contributed by atoms with van der Waals surface area (Å²) >= 11 is 1.52. The summed E-state index contributed by atoms with van der Waals surface area (Å²) in [6.07, 6.45) is 0. The van der Waals surface area contributed by atoms with Gasteiger partial charge in [-0.3, -0.25) is 0 Å². The van der Waals surface area contributed by atoms with Crippen LogP contribution in [0.4, 0.5) is 5.88 Å². The number of ether oxygens (including phenoxy) is 2. The lowest BCUT2D eigenvalue weighted by molar-refractivity contribution is 0.354. The highest BCUT2D eigenvalue weighted by Crippen LogP contribution is 2.31. The topological polar surface area (TPSA) is 90.7 Å². The maximum atomic E-state index is 12.5. The molecule has 0 radical (unpaired) electrons. The van der Waals surface area contributed by atoms with Gasteiger partial charge in [-0.2, -0.15) is 11.3 Å². The third-order valence-corrected chi connectivity index (χ3v) is 5.26. The molecule has 7 nitrogen and oxygen atoms in total. The average molecular weight is 366 g/mol. The SMILES string of the molecule is COc1ccc(S(=O)(=O)Nc2cc(-c3ccsc3)no2)cc1OC. The number of nitrogens with zero attached hydrogens (tertiary/aromatic N) is 1. The highest BCUT2D eigenvalue weighted by atomic mass is 32.2. The van der Waals surface area contributed by atoms with Crippen LogP contribution in [0.25, 0.3) is 11.3 Å². The van der Waals surface area contributed by atoms with E-state index in [9.17, 15) is 8.42 Å². The molecule has 0 amide bonds. The molecule has 3 rings (SSSR count). The maximum Gasteiger partial charge on any atom is 0.264 e. The van der Waals surface area contributed by atoms with Crippen LogP contribution in [0.5, 0.6) is 11.5 Å². The molecule has 0 bridgehead atoms. The molecule has 0 aliphatic rings. The van der Waals surface area contributed by atoms with Crippen LogP contribution in [-0.4, -0.2) is 27.8 Å². The van der Waals surface area contributed by atoms with Gasteiger partial charge in [0, 0.05) is 23.1 Å². The van der Waals surface area contributed by atoms with Crippen LogP contribution in [0.15, 0.2) is 50.5 Å². The van der Waals surface area contributed by atoms with Gasteiger partial charge in [-0.05, 0) is 23.6 Å². The number of anilines is 1. The minimum absolute atomic E-state index is 0.0219. The van der Waals surface area contributed by atoms with Crippen molar-refractivity contribution in [2.24, 2.45) is 0 Å². The molecule has 0 unspecified atom stereocenters. The van der Waals surface area contributed by atoms with Gasteiger partial charge in [0.2, 0.25) is 5.88 Å². The zero-order chi connectivity index (χ0) is 17.2. The van der Waals surface area contributed by atoms with Gasteiger partial charge in [0.25, 0.3) is 10.0 Å². The van der Waals surface area contributed by atoms with Crippen molar-refractivity contribution in [2.45, 2.75) is 4.90 Å². The van der Waals surface area contributed by atoms with Crippen LogP contribution in [0.3, 0.4) is 0 Å². The number of hydrogen-bond acceptors (Lipinski definition) is 7. The van der Waals surface area contributed by atoms with E-state index in [2.05, 4.69) is 9.88 Å². The molecule has 9 heteroatoms. The first-order valence-electron chi connectivity index (χ1n) is 6.77. The lowest BCUT2D eigenvalue weighted by Gasteiger charge is -2.10. The molecule has 126 valence electrons. The lowest BCUT2D eigenvalue weighted by Crippen LogP contribution is -2.12. The number of thiophene rings is 1. The minimum atomic E-state index is -3.84. The molecule has 0 spiro atoms. The molecule has 24 heavy (non-hydrogen) atoms. The van der Waals surface area contributed by atoms with E-state index in [1.807, 2.05) is 16.8 Å². The van der Waals surface area contributed by atoms with Gasteiger partial charge >= 0.3 is 0 Å². The van der Waals surface area contributed by atoms with Crippen molar-refractivity contribution in [3.8, 4) is 22.8 Å². The van der Waals surface area contributed by atoms with Gasteiger partial charge in [-0.1, -0.05) is 5.16 Å². The third kappa shape index (κ3) is 3.22. The van der Waals surface area contributed by atoms with E-state index in [1.165, 1.54) is 49.8 Å². The van der Waals surface area contributed by atoms with Crippen molar-refractivity contribution >= 4 is 27.2 Å². The van der Waals surface area contributed by atoms with Crippen molar-refractivity contribution in [1.82, 2.24) is 5.16 Å². The minimum Gasteiger partial charge on any atom is -0.493 e. The van der Waals surface area contributed by atoms with Crippen LogP contribution in [0, 0.1) is 0 Å². The molecule has 0 saturated heterocycles. The van der Waals surface area contributed by atoms with E-state index in [1.54, 1.807) is 0 Å². The summed E-state index contributed by atoms with van der Waals surface area (Å²) in [6, 6.07) is 7.71. The summed E-state index contributed by atoms with van der Waals surface area (Å²) in [4.78, 5) is 0.0219. The molecule has 1 aromatic carbocycles. The quantitative estimate of drug-likeness (QED) is 0.720. The molecule has 0 aliphatic carbocycles. The Bertz CT molecular complexity index is 933. The summed E-state index contributed by atoms with van der Waals surface area (Å²) in [5.41, 5.74) is 1.42. The fraction of sp³-hybridized carbons (Fsp3) is 0.133. The second-order valence-electron chi connectivity index (χ2n) is 4.71. The lowest BCUT2D eigenvalue weighted by atomic mass is 10.2. The van der Waals surface area contributed by atoms with Crippen LogP contribution in [0.2, 0.25) is 0 Å². The molecule has 0 atom stereocenters. The van der Waals surface area contributed by atoms with Crippen molar-refractivity contribution in [2.75, 3.05) is 18.9 Å². The van der Waals surface area contributed by atoms with Crippen molar-refractivity contribution in [3.63, 3.8) is 0 Å². The Morgan fingerprint density at radius 3 is 2.58 bits per heavy atom. The Morgan fingerprint density at radius 2 is 1.92 bits per heavy atom. The average Bonchev–Trinajstić information content (AvgIpc) is 3.25. The largest absolute Gasteiger partial charge is 0.493 e. The number of methoxy groups -OCH3 is 2. The van der Waals surface area contributed by atoms with Gasteiger partial charge in [0.1, 0.15) is 5.69 Å². The number of nitrogens with one attached hydrogen (secondary N) is 1. The molecule has 0 saturated carbocycles. The Balaban J connectivity index is 1.86. The van der Waals surface area contributed by atoms with E-state index >= 15 is 0 Å². The normalized spacial score (nSPS) is 11.2. The zero-order valence-electron chi connectivity index (χ0n) is 12.8. The molecular formula is C15H14N2O5S2. The Kier molecular flexibility index (Phi) is 4.45. The van der Waals surface area contributed by atoms with E-state index in [-0.39, 0.29) is 10.8 Å². The smallest absolute Gasteiger partial charge is 0.264 e. The molecule has 2 heterocycles. The zero-order valence-corrected chi connectivity index (χ0v) is 14.5. The fourth-order valence-electron chi connectivity index (χ4n) is 2.04. The molecular weight excluding hydrogens is 352 g/mol. The van der Waals surface area contributed by atoms with Crippen molar-refractivity contribution in [1.29, 1.82) is 0 Å². The van der Waals surface area contributed by atoms with Crippen LogP contribution >= 0.6 is 11.3 Å². The van der Waals surface area contributed by atoms with Crippen LogP contribution in [-0.2, 0) is 10.0 Å². The monoisotopic (exact) mass is 366 g/mol. The highest BCUT2D eigenvalue weighted by molar-refractivity contribution is 7.92. The van der Waals surface area contributed by atoms with Crippen LogP contribution < -0.4 is 14.2 Å². The first-order valence-corrected chi connectivity index (χ1v) is 9.20. The second-order valence-corrected chi connectivity index (χ2v) is 7.17. The second kappa shape index (κ2) is 6.54.